The summed E-state index contributed by atoms with van der Waals surface area (Å²) < 4.78 is 7.22. The van der Waals surface area contributed by atoms with Crippen LogP contribution < -0.4 is 5.32 Å². The van der Waals surface area contributed by atoms with E-state index in [1.54, 1.807) is 0 Å². The van der Waals surface area contributed by atoms with Crippen molar-refractivity contribution in [2.75, 3.05) is 0 Å². The van der Waals surface area contributed by atoms with Crippen LogP contribution in [-0.2, 0) is 6.54 Å². The molecule has 0 spiro atoms. The van der Waals surface area contributed by atoms with E-state index < -0.39 is 0 Å². The van der Waals surface area contributed by atoms with Crippen molar-refractivity contribution < 1.29 is 4.52 Å². The third-order valence-corrected chi connectivity index (χ3v) is 3.91. The topological polar surface area (TPSA) is 51.0 Å². The molecule has 0 aliphatic heterocycles. The van der Waals surface area contributed by atoms with Gasteiger partial charge in [0.05, 0.1) is 12.1 Å². The average Bonchev–Trinajstić information content (AvgIpc) is 3.05. The first-order valence-electron chi connectivity index (χ1n) is 5.74. The number of nitrogens with one attached hydrogen (secondary N) is 1. The molecule has 1 aliphatic rings. The molecule has 3 rings (SSSR count). The fourth-order valence-electron chi connectivity index (χ4n) is 1.62. The lowest BCUT2D eigenvalue weighted by Crippen LogP contribution is -2.16. The standard InChI is InChI=1S/C12H11Br2N3O/c13-7-1-4-9(10(14)5-7)12-16-11(17-18-12)6-15-8-2-3-8/h1,4-5,8,15H,2-3,6H2. The van der Waals surface area contributed by atoms with E-state index in [1.807, 2.05) is 18.2 Å². The van der Waals surface area contributed by atoms with Crippen LogP contribution in [0.1, 0.15) is 18.7 Å². The molecule has 1 N–H and O–H groups in total. The van der Waals surface area contributed by atoms with Crippen molar-refractivity contribution >= 4 is 31.9 Å². The Morgan fingerprint density at radius 1 is 1.33 bits per heavy atom. The van der Waals surface area contributed by atoms with Crippen LogP contribution in [0.5, 0.6) is 0 Å². The molecular formula is C12H11Br2N3O. The highest BCUT2D eigenvalue weighted by molar-refractivity contribution is 9.11. The quantitative estimate of drug-likeness (QED) is 0.892. The zero-order valence-electron chi connectivity index (χ0n) is 9.49. The van der Waals surface area contributed by atoms with Gasteiger partial charge >= 0.3 is 0 Å². The van der Waals surface area contributed by atoms with Crippen molar-refractivity contribution in [1.82, 2.24) is 15.5 Å². The minimum Gasteiger partial charge on any atom is -0.334 e. The number of benzene rings is 1. The Morgan fingerprint density at radius 3 is 2.89 bits per heavy atom. The highest BCUT2D eigenvalue weighted by Gasteiger charge is 2.21. The first-order chi connectivity index (χ1) is 8.72. The number of hydrogen-bond donors (Lipinski definition) is 1. The van der Waals surface area contributed by atoms with Crippen molar-refractivity contribution in [3.05, 3.63) is 33.0 Å². The molecule has 0 bridgehead atoms. The molecule has 1 aromatic carbocycles. The van der Waals surface area contributed by atoms with Gasteiger partial charge in [0.15, 0.2) is 5.82 Å². The molecule has 1 heterocycles. The summed E-state index contributed by atoms with van der Waals surface area (Å²) in [6, 6.07) is 6.50. The van der Waals surface area contributed by atoms with Gasteiger partial charge in [0, 0.05) is 15.0 Å². The van der Waals surface area contributed by atoms with Gasteiger partial charge in [-0.2, -0.15) is 4.98 Å². The zero-order valence-corrected chi connectivity index (χ0v) is 12.7. The second kappa shape index (κ2) is 5.11. The molecule has 94 valence electrons. The number of hydrogen-bond acceptors (Lipinski definition) is 4. The van der Waals surface area contributed by atoms with Crippen LogP contribution in [0.2, 0.25) is 0 Å². The predicted octanol–water partition coefficient (Wildman–Crippen LogP) is 3.51. The third-order valence-electron chi connectivity index (χ3n) is 2.76. The summed E-state index contributed by atoms with van der Waals surface area (Å²) in [5.41, 5.74) is 0.906. The van der Waals surface area contributed by atoms with E-state index >= 15 is 0 Å². The van der Waals surface area contributed by atoms with Crippen LogP contribution in [-0.4, -0.2) is 16.2 Å². The van der Waals surface area contributed by atoms with Crippen LogP contribution >= 0.6 is 31.9 Å². The maximum Gasteiger partial charge on any atom is 0.259 e. The lowest BCUT2D eigenvalue weighted by atomic mass is 10.2. The second-order valence-corrected chi connectivity index (χ2v) is 6.07. The summed E-state index contributed by atoms with van der Waals surface area (Å²) in [4.78, 5) is 4.39. The van der Waals surface area contributed by atoms with Crippen LogP contribution in [0, 0.1) is 0 Å². The van der Waals surface area contributed by atoms with Gasteiger partial charge in [-0.3, -0.25) is 0 Å². The van der Waals surface area contributed by atoms with Gasteiger partial charge in [0.2, 0.25) is 0 Å². The minimum atomic E-state index is 0.543. The van der Waals surface area contributed by atoms with E-state index in [2.05, 4.69) is 47.3 Å². The van der Waals surface area contributed by atoms with Crippen LogP contribution in [0.3, 0.4) is 0 Å². The summed E-state index contributed by atoms with van der Waals surface area (Å²) in [6.45, 7) is 0.669. The van der Waals surface area contributed by atoms with Gasteiger partial charge in [-0.05, 0) is 47.0 Å². The average molecular weight is 373 g/mol. The van der Waals surface area contributed by atoms with Gasteiger partial charge in [0.1, 0.15) is 0 Å². The van der Waals surface area contributed by atoms with Crippen molar-refractivity contribution in [2.24, 2.45) is 0 Å². The van der Waals surface area contributed by atoms with Crippen molar-refractivity contribution in [3.63, 3.8) is 0 Å². The molecule has 2 aromatic rings. The van der Waals surface area contributed by atoms with Crippen molar-refractivity contribution in [3.8, 4) is 11.5 Å². The molecule has 1 fully saturated rings. The third kappa shape index (κ3) is 2.81. The highest BCUT2D eigenvalue weighted by Crippen LogP contribution is 2.29. The molecule has 4 nitrogen and oxygen atoms in total. The molecule has 0 radical (unpaired) electrons. The zero-order chi connectivity index (χ0) is 12.5. The first-order valence-corrected chi connectivity index (χ1v) is 7.32. The smallest absolute Gasteiger partial charge is 0.259 e. The molecule has 18 heavy (non-hydrogen) atoms. The normalized spacial score (nSPS) is 15.0. The van der Waals surface area contributed by atoms with E-state index in [-0.39, 0.29) is 0 Å². The Balaban J connectivity index is 1.78. The van der Waals surface area contributed by atoms with Crippen LogP contribution in [0.4, 0.5) is 0 Å². The minimum absolute atomic E-state index is 0.543. The second-order valence-electron chi connectivity index (χ2n) is 4.30. The number of rotatable bonds is 4. The lowest BCUT2D eigenvalue weighted by Gasteiger charge is -1.99. The fraction of sp³-hybridized carbons (Fsp3) is 0.333. The number of nitrogens with zero attached hydrogens (tertiary/aromatic N) is 2. The van der Waals surface area contributed by atoms with Crippen LogP contribution in [0.15, 0.2) is 31.7 Å². The molecule has 0 saturated heterocycles. The predicted molar refractivity (Wildman–Crippen MR) is 75.0 cm³/mol. The fourth-order valence-corrected chi connectivity index (χ4v) is 2.84. The molecule has 0 atom stereocenters. The van der Waals surface area contributed by atoms with E-state index in [4.69, 9.17) is 4.52 Å². The number of aromatic nitrogens is 2. The van der Waals surface area contributed by atoms with E-state index in [9.17, 15) is 0 Å². The molecule has 1 aromatic heterocycles. The maximum atomic E-state index is 5.28. The molecule has 0 amide bonds. The molecule has 1 saturated carbocycles. The van der Waals surface area contributed by atoms with Gasteiger partial charge in [-0.1, -0.05) is 21.1 Å². The lowest BCUT2D eigenvalue weighted by molar-refractivity contribution is 0.419. The molecule has 0 unspecified atom stereocenters. The van der Waals surface area contributed by atoms with Gasteiger partial charge < -0.3 is 9.84 Å². The molecule has 1 aliphatic carbocycles. The monoisotopic (exact) mass is 371 g/mol. The van der Waals surface area contributed by atoms with Crippen molar-refractivity contribution in [2.45, 2.75) is 25.4 Å². The van der Waals surface area contributed by atoms with E-state index in [0.29, 0.717) is 24.3 Å². The largest absolute Gasteiger partial charge is 0.334 e. The Hall–Kier alpha value is -0.720. The maximum absolute atomic E-state index is 5.28. The van der Waals surface area contributed by atoms with E-state index in [1.165, 1.54) is 12.8 Å². The highest BCUT2D eigenvalue weighted by atomic mass is 79.9. The molecular weight excluding hydrogens is 362 g/mol. The Labute approximate surface area is 121 Å². The SMILES string of the molecule is Brc1ccc(-c2nc(CNC3CC3)no2)c(Br)c1. The van der Waals surface area contributed by atoms with Crippen molar-refractivity contribution in [1.29, 1.82) is 0 Å². The Kier molecular flexibility index (Phi) is 3.50. The van der Waals surface area contributed by atoms with Gasteiger partial charge in [-0.25, -0.2) is 0 Å². The Bertz CT molecular complexity index is 566. The molecule has 6 heteroatoms. The number of halogens is 2. The first kappa shape index (κ1) is 12.3. The van der Waals surface area contributed by atoms with Gasteiger partial charge in [-0.15, -0.1) is 0 Å². The summed E-state index contributed by atoms with van der Waals surface area (Å²) in [6.07, 6.45) is 2.51. The van der Waals surface area contributed by atoms with E-state index in [0.717, 1.165) is 14.5 Å². The Morgan fingerprint density at radius 2 is 2.17 bits per heavy atom. The summed E-state index contributed by atoms with van der Waals surface area (Å²) >= 11 is 6.91. The summed E-state index contributed by atoms with van der Waals surface area (Å²) in [5.74, 6) is 1.24. The summed E-state index contributed by atoms with van der Waals surface area (Å²) in [5, 5.41) is 7.33. The van der Waals surface area contributed by atoms with Gasteiger partial charge in [0.25, 0.3) is 5.89 Å². The summed E-state index contributed by atoms with van der Waals surface area (Å²) in [7, 11) is 0. The van der Waals surface area contributed by atoms with Crippen LogP contribution in [0.25, 0.3) is 11.5 Å².